The third kappa shape index (κ3) is 2.40. The van der Waals surface area contributed by atoms with Crippen LogP contribution in [-0.4, -0.2) is 15.8 Å². The maximum atomic E-state index is 12.5. The monoisotopic (exact) mass is 279 g/mol. The fourth-order valence-electron chi connectivity index (χ4n) is 2.34. The first-order valence-electron chi connectivity index (χ1n) is 6.88. The van der Waals surface area contributed by atoms with Gasteiger partial charge in [-0.2, -0.15) is 9.78 Å². The van der Waals surface area contributed by atoms with Gasteiger partial charge in [-0.1, -0.05) is 24.3 Å². The molecule has 0 spiro atoms. The van der Waals surface area contributed by atoms with E-state index in [0.29, 0.717) is 0 Å². The van der Waals surface area contributed by atoms with Crippen LogP contribution in [0.3, 0.4) is 0 Å². The molecule has 1 heterocycles. The number of amides is 1. The van der Waals surface area contributed by atoms with E-state index >= 15 is 0 Å². The Morgan fingerprint density at radius 2 is 1.95 bits per heavy atom. The minimum atomic E-state index is -0.246. The van der Waals surface area contributed by atoms with E-state index in [-0.39, 0.29) is 6.03 Å². The number of aryl methyl sites for hydroxylation is 2. The van der Waals surface area contributed by atoms with Crippen molar-refractivity contribution in [2.45, 2.75) is 20.8 Å². The fraction of sp³-hybridized carbons (Fsp3) is 0.176. The van der Waals surface area contributed by atoms with Crippen LogP contribution >= 0.6 is 0 Å². The number of carbonyl (C=O) groups excluding carboxylic acids is 1. The van der Waals surface area contributed by atoms with Crippen LogP contribution in [0.25, 0.3) is 10.9 Å². The molecule has 4 nitrogen and oxygen atoms in total. The highest BCUT2D eigenvalue weighted by molar-refractivity contribution is 5.97. The molecule has 1 N–H and O–H groups in total. The van der Waals surface area contributed by atoms with E-state index in [9.17, 15) is 4.79 Å². The standard InChI is InChI=1S/C17H17N3O/c1-11-7-8-14-10-18-20(16(14)9-11)17(21)19-15-6-4-5-12(2)13(15)3/h4-10H,1-3H3,(H,19,21). The Balaban J connectivity index is 1.97. The van der Waals surface area contributed by atoms with Crippen LogP contribution in [0.1, 0.15) is 16.7 Å². The first-order valence-corrected chi connectivity index (χ1v) is 6.88. The molecule has 0 radical (unpaired) electrons. The highest BCUT2D eigenvalue weighted by Gasteiger charge is 2.12. The lowest BCUT2D eigenvalue weighted by Gasteiger charge is -2.10. The summed E-state index contributed by atoms with van der Waals surface area (Å²) < 4.78 is 1.41. The number of anilines is 1. The Bertz CT molecular complexity index is 833. The molecule has 0 saturated heterocycles. The lowest BCUT2D eigenvalue weighted by atomic mass is 10.1. The summed E-state index contributed by atoms with van der Waals surface area (Å²) in [6.45, 7) is 6.02. The van der Waals surface area contributed by atoms with Gasteiger partial charge in [-0.25, -0.2) is 4.79 Å². The van der Waals surface area contributed by atoms with Gasteiger partial charge in [0.05, 0.1) is 11.7 Å². The molecule has 0 atom stereocenters. The lowest BCUT2D eigenvalue weighted by Crippen LogP contribution is -2.21. The average Bonchev–Trinajstić information content (AvgIpc) is 2.87. The van der Waals surface area contributed by atoms with Crippen molar-refractivity contribution in [3.8, 4) is 0 Å². The zero-order valence-electron chi connectivity index (χ0n) is 12.3. The molecule has 0 saturated carbocycles. The van der Waals surface area contributed by atoms with Crippen molar-refractivity contribution in [3.63, 3.8) is 0 Å². The van der Waals surface area contributed by atoms with Crippen LogP contribution < -0.4 is 5.32 Å². The molecule has 1 aromatic heterocycles. The predicted octanol–water partition coefficient (Wildman–Crippen LogP) is 4.04. The highest BCUT2D eigenvalue weighted by Crippen LogP contribution is 2.20. The second-order valence-corrected chi connectivity index (χ2v) is 5.30. The van der Waals surface area contributed by atoms with E-state index in [0.717, 1.165) is 33.3 Å². The van der Waals surface area contributed by atoms with Crippen molar-refractivity contribution >= 4 is 22.6 Å². The quantitative estimate of drug-likeness (QED) is 0.730. The highest BCUT2D eigenvalue weighted by atomic mass is 16.2. The number of nitrogens with one attached hydrogen (secondary N) is 1. The zero-order chi connectivity index (χ0) is 15.0. The minimum absolute atomic E-state index is 0.246. The summed E-state index contributed by atoms with van der Waals surface area (Å²) in [5, 5.41) is 8.07. The molecule has 0 aliphatic heterocycles. The molecule has 1 amide bonds. The van der Waals surface area contributed by atoms with Gasteiger partial charge in [0.15, 0.2) is 0 Å². The minimum Gasteiger partial charge on any atom is -0.306 e. The number of aromatic nitrogens is 2. The van der Waals surface area contributed by atoms with Gasteiger partial charge >= 0.3 is 6.03 Å². The second-order valence-electron chi connectivity index (χ2n) is 5.30. The maximum absolute atomic E-state index is 12.5. The van der Waals surface area contributed by atoms with Crippen molar-refractivity contribution in [3.05, 3.63) is 59.3 Å². The number of carbonyl (C=O) groups is 1. The molecule has 2 aromatic carbocycles. The average molecular weight is 279 g/mol. The van der Waals surface area contributed by atoms with Crippen LogP contribution in [0, 0.1) is 20.8 Å². The summed E-state index contributed by atoms with van der Waals surface area (Å²) in [6, 6.07) is 11.6. The van der Waals surface area contributed by atoms with Gasteiger partial charge in [0.25, 0.3) is 0 Å². The number of fused-ring (bicyclic) bond motifs is 1. The van der Waals surface area contributed by atoms with Crippen LogP contribution in [0.5, 0.6) is 0 Å². The van der Waals surface area contributed by atoms with E-state index in [2.05, 4.69) is 10.4 Å². The molecule has 0 fully saturated rings. The van der Waals surface area contributed by atoms with Crippen molar-refractivity contribution in [2.75, 3.05) is 5.32 Å². The van der Waals surface area contributed by atoms with E-state index in [1.165, 1.54) is 4.68 Å². The molecule has 106 valence electrons. The summed E-state index contributed by atoms with van der Waals surface area (Å²) >= 11 is 0. The summed E-state index contributed by atoms with van der Waals surface area (Å²) in [5.41, 5.74) is 4.95. The predicted molar refractivity (Wildman–Crippen MR) is 84.8 cm³/mol. The molecule has 3 rings (SSSR count). The SMILES string of the molecule is Cc1ccc2cnn(C(=O)Nc3cccc(C)c3C)c2c1. The smallest absolute Gasteiger partial charge is 0.306 e. The third-order valence-corrected chi connectivity index (χ3v) is 3.77. The Hall–Kier alpha value is -2.62. The van der Waals surface area contributed by atoms with Crippen LogP contribution in [0.2, 0.25) is 0 Å². The van der Waals surface area contributed by atoms with Gasteiger partial charge in [0.2, 0.25) is 0 Å². The molecule has 3 aromatic rings. The molecule has 4 heteroatoms. The van der Waals surface area contributed by atoms with E-state index in [4.69, 9.17) is 0 Å². The third-order valence-electron chi connectivity index (χ3n) is 3.77. The summed E-state index contributed by atoms with van der Waals surface area (Å²) in [5.74, 6) is 0. The number of rotatable bonds is 1. The van der Waals surface area contributed by atoms with Crippen LogP contribution in [-0.2, 0) is 0 Å². The molecule has 21 heavy (non-hydrogen) atoms. The molecule has 0 aliphatic carbocycles. The largest absolute Gasteiger partial charge is 0.347 e. The van der Waals surface area contributed by atoms with Gasteiger partial charge < -0.3 is 5.32 Å². The lowest BCUT2D eigenvalue weighted by molar-refractivity contribution is 0.252. The molecule has 0 bridgehead atoms. The topological polar surface area (TPSA) is 46.9 Å². The van der Waals surface area contributed by atoms with Gasteiger partial charge in [-0.15, -0.1) is 0 Å². The maximum Gasteiger partial charge on any atom is 0.347 e. The van der Waals surface area contributed by atoms with E-state index in [1.54, 1.807) is 6.20 Å². The fourth-order valence-corrected chi connectivity index (χ4v) is 2.34. The first kappa shape index (κ1) is 13.4. The van der Waals surface area contributed by atoms with Crippen molar-refractivity contribution in [1.29, 1.82) is 0 Å². The zero-order valence-corrected chi connectivity index (χ0v) is 12.3. The first-order chi connectivity index (χ1) is 10.1. The summed E-state index contributed by atoms with van der Waals surface area (Å²) in [4.78, 5) is 12.5. The van der Waals surface area contributed by atoms with Gasteiger partial charge in [-0.3, -0.25) is 0 Å². The van der Waals surface area contributed by atoms with Crippen molar-refractivity contribution < 1.29 is 4.79 Å². The molecule has 0 aliphatic rings. The van der Waals surface area contributed by atoms with Crippen LogP contribution in [0.15, 0.2) is 42.6 Å². The molecular formula is C17H17N3O. The van der Waals surface area contributed by atoms with Crippen LogP contribution in [0.4, 0.5) is 10.5 Å². The Kier molecular flexibility index (Phi) is 3.22. The number of nitrogens with zero attached hydrogens (tertiary/aromatic N) is 2. The van der Waals surface area contributed by atoms with Crippen molar-refractivity contribution in [1.82, 2.24) is 9.78 Å². The van der Waals surface area contributed by atoms with Gasteiger partial charge in [-0.05, 0) is 49.6 Å². The van der Waals surface area contributed by atoms with E-state index < -0.39 is 0 Å². The van der Waals surface area contributed by atoms with E-state index in [1.807, 2.05) is 57.2 Å². The Morgan fingerprint density at radius 1 is 1.14 bits per heavy atom. The number of hydrogen-bond acceptors (Lipinski definition) is 2. The molecule has 0 unspecified atom stereocenters. The second kappa shape index (κ2) is 5.05. The summed E-state index contributed by atoms with van der Waals surface area (Å²) in [7, 11) is 0. The van der Waals surface area contributed by atoms with Crippen molar-refractivity contribution in [2.24, 2.45) is 0 Å². The Labute approximate surface area is 123 Å². The summed E-state index contributed by atoms with van der Waals surface area (Å²) in [6.07, 6.45) is 1.71. The number of hydrogen-bond donors (Lipinski definition) is 1. The molecular weight excluding hydrogens is 262 g/mol. The van der Waals surface area contributed by atoms with Gasteiger partial charge in [0, 0.05) is 11.1 Å². The normalized spacial score (nSPS) is 10.8. The van der Waals surface area contributed by atoms with Gasteiger partial charge in [0.1, 0.15) is 0 Å². The Morgan fingerprint density at radius 3 is 2.76 bits per heavy atom. The number of benzene rings is 2.